The van der Waals surface area contributed by atoms with Crippen LogP contribution in [0, 0.1) is 5.41 Å². The predicted molar refractivity (Wildman–Crippen MR) is 154 cm³/mol. The first kappa shape index (κ1) is 27.9. The number of carbonyl (C=O) groups is 3. The van der Waals surface area contributed by atoms with Crippen LogP contribution >= 0.6 is 0 Å². The third kappa shape index (κ3) is 5.36. The SMILES string of the molecule is CC(O)C(N)C(=O)OC1CCC(Nc2cc(-c3c4n(c5ccccc35)C(=O)CC(C)(C)C4)ccc2C(N)=O)CC1. The Labute approximate surface area is 233 Å². The molecule has 2 aromatic carbocycles. The number of nitrogens with one attached hydrogen (secondary N) is 1. The number of aliphatic hydroxyl groups excluding tert-OH is 1. The van der Waals surface area contributed by atoms with Crippen LogP contribution in [0.15, 0.2) is 42.5 Å². The van der Waals surface area contributed by atoms with Gasteiger partial charge in [-0.1, -0.05) is 38.1 Å². The molecule has 9 nitrogen and oxygen atoms in total. The van der Waals surface area contributed by atoms with Gasteiger partial charge in [0, 0.05) is 34.8 Å². The largest absolute Gasteiger partial charge is 0.461 e. The van der Waals surface area contributed by atoms with Crippen LogP contribution < -0.4 is 16.8 Å². The first-order valence-electron chi connectivity index (χ1n) is 14.0. The number of anilines is 1. The third-order valence-corrected chi connectivity index (χ3v) is 8.18. The molecule has 2 atom stereocenters. The summed E-state index contributed by atoms with van der Waals surface area (Å²) in [5.74, 6) is -1.03. The van der Waals surface area contributed by atoms with Crippen LogP contribution in [-0.2, 0) is 16.0 Å². The highest BCUT2D eigenvalue weighted by Crippen LogP contribution is 2.43. The van der Waals surface area contributed by atoms with Crippen molar-refractivity contribution in [3.8, 4) is 11.1 Å². The van der Waals surface area contributed by atoms with Gasteiger partial charge < -0.3 is 26.6 Å². The van der Waals surface area contributed by atoms with E-state index < -0.39 is 24.0 Å². The van der Waals surface area contributed by atoms with Gasteiger partial charge in [-0.05, 0) is 68.2 Å². The molecule has 2 unspecified atom stereocenters. The third-order valence-electron chi connectivity index (χ3n) is 8.18. The molecule has 6 N–H and O–H groups in total. The van der Waals surface area contributed by atoms with Crippen molar-refractivity contribution in [1.82, 2.24) is 4.57 Å². The molecule has 2 aliphatic rings. The number of ether oxygens (including phenoxy) is 1. The van der Waals surface area contributed by atoms with Crippen LogP contribution in [0.5, 0.6) is 0 Å². The molecule has 9 heteroatoms. The highest BCUT2D eigenvalue weighted by Gasteiger charge is 2.35. The van der Waals surface area contributed by atoms with E-state index in [-0.39, 0.29) is 23.5 Å². The quantitative estimate of drug-likeness (QED) is 0.327. The normalized spacial score (nSPS) is 21.9. The number of hydrogen-bond acceptors (Lipinski definition) is 7. The fourth-order valence-corrected chi connectivity index (χ4v) is 6.09. The Bertz CT molecular complexity index is 1470. The average molecular weight is 547 g/mol. The Hall–Kier alpha value is -3.69. The summed E-state index contributed by atoms with van der Waals surface area (Å²) in [4.78, 5) is 37.8. The van der Waals surface area contributed by atoms with Gasteiger partial charge in [-0.15, -0.1) is 0 Å². The Balaban J connectivity index is 1.43. The lowest BCUT2D eigenvalue weighted by Crippen LogP contribution is -2.43. The summed E-state index contributed by atoms with van der Waals surface area (Å²) < 4.78 is 7.36. The van der Waals surface area contributed by atoms with Crippen LogP contribution in [0.3, 0.4) is 0 Å². The summed E-state index contributed by atoms with van der Waals surface area (Å²) in [5.41, 5.74) is 16.1. The van der Waals surface area contributed by atoms with Gasteiger partial charge in [0.05, 0.1) is 17.2 Å². The number of carbonyl (C=O) groups excluding carboxylic acids is 3. The monoisotopic (exact) mass is 546 g/mol. The molecule has 0 radical (unpaired) electrons. The van der Waals surface area contributed by atoms with E-state index in [2.05, 4.69) is 19.2 Å². The Kier molecular flexibility index (Phi) is 7.46. The molecule has 212 valence electrons. The topological polar surface area (TPSA) is 150 Å². The maximum atomic E-state index is 13.2. The summed E-state index contributed by atoms with van der Waals surface area (Å²) in [7, 11) is 0. The summed E-state index contributed by atoms with van der Waals surface area (Å²) in [6.45, 7) is 5.69. The Morgan fingerprint density at radius 2 is 1.80 bits per heavy atom. The van der Waals surface area contributed by atoms with Gasteiger partial charge in [-0.3, -0.25) is 19.0 Å². The maximum Gasteiger partial charge on any atom is 0.325 e. The van der Waals surface area contributed by atoms with Crippen molar-refractivity contribution in [1.29, 1.82) is 0 Å². The number of fused-ring (bicyclic) bond motifs is 3. The van der Waals surface area contributed by atoms with Crippen LogP contribution in [0.2, 0.25) is 0 Å². The Morgan fingerprint density at radius 1 is 1.10 bits per heavy atom. The molecule has 1 aliphatic carbocycles. The first-order valence-corrected chi connectivity index (χ1v) is 14.0. The van der Waals surface area contributed by atoms with Crippen molar-refractivity contribution < 1.29 is 24.2 Å². The predicted octanol–water partition coefficient (Wildman–Crippen LogP) is 3.99. The van der Waals surface area contributed by atoms with Crippen LogP contribution in [0.1, 0.15) is 73.7 Å². The summed E-state index contributed by atoms with van der Waals surface area (Å²) in [5, 5.41) is 14.1. The smallest absolute Gasteiger partial charge is 0.325 e. The number of nitrogens with zero attached hydrogens (tertiary/aromatic N) is 1. The van der Waals surface area contributed by atoms with Crippen molar-refractivity contribution >= 4 is 34.4 Å². The number of benzene rings is 2. The second-order valence-electron chi connectivity index (χ2n) is 12.0. The maximum absolute atomic E-state index is 13.2. The number of rotatable bonds is 7. The molecule has 1 amide bonds. The van der Waals surface area contributed by atoms with Gasteiger partial charge in [-0.25, -0.2) is 0 Å². The van der Waals surface area contributed by atoms with Gasteiger partial charge in [0.15, 0.2) is 0 Å². The van der Waals surface area contributed by atoms with Crippen molar-refractivity contribution in [2.24, 2.45) is 16.9 Å². The highest BCUT2D eigenvalue weighted by atomic mass is 16.5. The van der Waals surface area contributed by atoms with Crippen LogP contribution in [0.4, 0.5) is 5.69 Å². The number of aromatic nitrogens is 1. The molecule has 1 saturated carbocycles. The van der Waals surface area contributed by atoms with Gasteiger partial charge in [0.2, 0.25) is 5.91 Å². The van der Waals surface area contributed by atoms with Crippen LogP contribution in [0.25, 0.3) is 22.0 Å². The lowest BCUT2D eigenvalue weighted by molar-refractivity contribution is -0.154. The van der Waals surface area contributed by atoms with Crippen molar-refractivity contribution in [3.63, 3.8) is 0 Å². The van der Waals surface area contributed by atoms with Gasteiger partial charge >= 0.3 is 5.97 Å². The fraction of sp³-hybridized carbons (Fsp3) is 0.452. The second kappa shape index (κ2) is 10.7. The standard InChI is InChI=1S/C31H38N4O5/c1-17(36)28(32)30(39)40-20-11-9-19(10-12-20)34-23-14-18(8-13-21(23)29(33)38)27-22-6-4-5-7-24(22)35-25(27)15-31(2,3)16-26(35)37/h4-8,13-14,17,19-20,28,34,36H,9-12,15-16,32H2,1-3H3,(H2,33,38). The lowest BCUT2D eigenvalue weighted by atomic mass is 9.80. The summed E-state index contributed by atoms with van der Waals surface area (Å²) in [6, 6.07) is 12.5. The van der Waals surface area contributed by atoms with Crippen molar-refractivity contribution in [2.45, 2.75) is 83.6 Å². The number of para-hydroxylation sites is 1. The zero-order valence-corrected chi connectivity index (χ0v) is 23.3. The molecule has 40 heavy (non-hydrogen) atoms. The second-order valence-corrected chi connectivity index (χ2v) is 12.0. The number of amides is 1. The number of aliphatic hydroxyl groups is 1. The molecule has 0 spiro atoms. The number of primary amides is 1. The molecule has 1 fully saturated rings. The molecule has 0 bridgehead atoms. The minimum atomic E-state index is -1.06. The molecular formula is C31H38N4O5. The van der Waals surface area contributed by atoms with E-state index in [9.17, 15) is 19.5 Å². The van der Waals surface area contributed by atoms with Crippen LogP contribution in [-0.4, -0.2) is 51.7 Å². The minimum Gasteiger partial charge on any atom is -0.461 e. The van der Waals surface area contributed by atoms with E-state index in [1.165, 1.54) is 6.92 Å². The molecule has 1 aliphatic heterocycles. The molecule has 1 aromatic heterocycles. The molecule has 0 saturated heterocycles. The highest BCUT2D eigenvalue weighted by molar-refractivity contribution is 6.06. The van der Waals surface area contributed by atoms with Crippen molar-refractivity contribution in [2.75, 3.05) is 5.32 Å². The fourth-order valence-electron chi connectivity index (χ4n) is 6.09. The summed E-state index contributed by atoms with van der Waals surface area (Å²) >= 11 is 0. The zero-order valence-electron chi connectivity index (χ0n) is 23.3. The van der Waals surface area contributed by atoms with E-state index in [1.807, 2.05) is 41.0 Å². The lowest BCUT2D eigenvalue weighted by Gasteiger charge is -2.31. The van der Waals surface area contributed by atoms with Gasteiger partial charge in [0.25, 0.3) is 5.91 Å². The molecule has 2 heterocycles. The van der Waals surface area contributed by atoms with E-state index in [0.717, 1.165) is 47.0 Å². The molecular weight excluding hydrogens is 508 g/mol. The first-order chi connectivity index (χ1) is 18.9. The number of nitrogens with two attached hydrogens (primary N) is 2. The summed E-state index contributed by atoms with van der Waals surface area (Å²) in [6.07, 6.45) is 2.70. The van der Waals surface area contributed by atoms with E-state index in [1.54, 1.807) is 6.07 Å². The molecule has 5 rings (SSSR count). The van der Waals surface area contributed by atoms with Gasteiger partial charge in [-0.2, -0.15) is 0 Å². The van der Waals surface area contributed by atoms with E-state index in [4.69, 9.17) is 16.2 Å². The number of esters is 1. The van der Waals surface area contributed by atoms with Gasteiger partial charge in [0.1, 0.15) is 12.1 Å². The number of hydrogen-bond donors (Lipinski definition) is 4. The minimum absolute atomic E-state index is 0.0500. The average Bonchev–Trinajstić information content (AvgIpc) is 3.22. The van der Waals surface area contributed by atoms with E-state index in [0.29, 0.717) is 30.5 Å². The van der Waals surface area contributed by atoms with Crippen molar-refractivity contribution in [3.05, 3.63) is 53.7 Å². The van der Waals surface area contributed by atoms with E-state index >= 15 is 0 Å². The Morgan fingerprint density at radius 3 is 2.48 bits per heavy atom. The molecule has 3 aromatic rings. The zero-order chi connectivity index (χ0) is 28.8.